The number of nitrogens with zero attached hydrogens (tertiary/aromatic N) is 2. The predicted molar refractivity (Wildman–Crippen MR) is 79.0 cm³/mol. The zero-order chi connectivity index (χ0) is 14.0. The average molecular weight is 332 g/mol. The van der Waals surface area contributed by atoms with Crippen LogP contribution in [-0.2, 0) is 6.42 Å². The fourth-order valence-electron chi connectivity index (χ4n) is 1.55. The Kier molecular flexibility index (Phi) is 4.54. The molecule has 0 fully saturated rings. The second kappa shape index (κ2) is 5.98. The fraction of sp³-hybridized carbons (Fsp3) is 0.0769. The Morgan fingerprint density at radius 2 is 1.63 bits per heavy atom. The Hall–Kier alpha value is -0.980. The van der Waals surface area contributed by atoms with Gasteiger partial charge in [-0.2, -0.15) is 5.26 Å². The monoisotopic (exact) mass is 330 g/mol. The van der Waals surface area contributed by atoms with Crippen molar-refractivity contribution < 1.29 is 0 Å². The first kappa shape index (κ1) is 14.4. The van der Waals surface area contributed by atoms with Gasteiger partial charge in [-0.05, 0) is 24.3 Å². The van der Waals surface area contributed by atoms with Gasteiger partial charge in [-0.3, -0.25) is 4.98 Å². The molecular formula is C13H6Cl4N2. The van der Waals surface area contributed by atoms with Crippen LogP contribution in [0.5, 0.6) is 0 Å². The lowest BCUT2D eigenvalue weighted by Gasteiger charge is -2.09. The molecule has 0 N–H and O–H groups in total. The third-order valence-electron chi connectivity index (χ3n) is 2.43. The lowest BCUT2D eigenvalue weighted by Crippen LogP contribution is -1.93. The minimum Gasteiger partial charge on any atom is -0.250 e. The molecular weight excluding hydrogens is 326 g/mol. The first-order valence-corrected chi connectivity index (χ1v) is 6.71. The third kappa shape index (κ3) is 3.13. The van der Waals surface area contributed by atoms with Gasteiger partial charge in [0.05, 0.1) is 44.0 Å². The molecule has 2 aromatic rings. The molecule has 96 valence electrons. The summed E-state index contributed by atoms with van der Waals surface area (Å²) in [7, 11) is 0. The molecule has 1 aromatic heterocycles. The van der Waals surface area contributed by atoms with E-state index in [0.29, 0.717) is 37.0 Å². The van der Waals surface area contributed by atoms with Crippen LogP contribution < -0.4 is 0 Å². The first-order valence-electron chi connectivity index (χ1n) is 5.20. The average Bonchev–Trinajstić information content (AvgIpc) is 2.37. The van der Waals surface area contributed by atoms with Crippen molar-refractivity contribution in [3.8, 4) is 17.3 Å². The number of pyridine rings is 1. The van der Waals surface area contributed by atoms with Crippen molar-refractivity contribution in [3.05, 3.63) is 50.0 Å². The van der Waals surface area contributed by atoms with Gasteiger partial charge in [-0.15, -0.1) is 0 Å². The van der Waals surface area contributed by atoms with E-state index in [1.165, 1.54) is 6.07 Å². The lowest BCUT2D eigenvalue weighted by atomic mass is 10.1. The molecule has 0 aliphatic rings. The van der Waals surface area contributed by atoms with Gasteiger partial charge in [0.15, 0.2) is 0 Å². The van der Waals surface area contributed by atoms with E-state index in [-0.39, 0.29) is 6.42 Å². The van der Waals surface area contributed by atoms with Gasteiger partial charge in [0.2, 0.25) is 0 Å². The first-order chi connectivity index (χ1) is 9.02. The molecule has 6 heteroatoms. The number of hydrogen-bond donors (Lipinski definition) is 0. The summed E-state index contributed by atoms with van der Waals surface area (Å²) in [6.45, 7) is 0. The Balaban J connectivity index is 2.61. The van der Waals surface area contributed by atoms with Gasteiger partial charge in [0, 0.05) is 5.56 Å². The fourth-order valence-corrected chi connectivity index (χ4v) is 2.40. The predicted octanol–water partition coefficient (Wildman–Crippen LogP) is 5.43. The topological polar surface area (TPSA) is 36.7 Å². The summed E-state index contributed by atoms with van der Waals surface area (Å²) in [5, 5.41) is 10.3. The van der Waals surface area contributed by atoms with Crippen molar-refractivity contribution in [1.29, 1.82) is 5.26 Å². The second-order valence-corrected chi connectivity index (χ2v) is 5.34. The van der Waals surface area contributed by atoms with Crippen LogP contribution in [0.15, 0.2) is 24.3 Å². The van der Waals surface area contributed by atoms with Gasteiger partial charge in [-0.25, -0.2) is 0 Å². The van der Waals surface area contributed by atoms with E-state index in [9.17, 15) is 0 Å². The maximum absolute atomic E-state index is 8.70. The summed E-state index contributed by atoms with van der Waals surface area (Å²) in [6.07, 6.45) is 0.198. The number of hydrogen-bond acceptors (Lipinski definition) is 2. The van der Waals surface area contributed by atoms with Gasteiger partial charge in [0.1, 0.15) is 0 Å². The van der Waals surface area contributed by atoms with E-state index in [2.05, 4.69) is 4.98 Å². The van der Waals surface area contributed by atoms with Crippen molar-refractivity contribution in [2.24, 2.45) is 0 Å². The Morgan fingerprint density at radius 1 is 0.947 bits per heavy atom. The van der Waals surface area contributed by atoms with Gasteiger partial charge < -0.3 is 0 Å². The largest absolute Gasteiger partial charge is 0.250 e. The summed E-state index contributed by atoms with van der Waals surface area (Å²) in [4.78, 5) is 4.32. The molecule has 0 atom stereocenters. The van der Waals surface area contributed by atoms with E-state index < -0.39 is 0 Å². The highest BCUT2D eigenvalue weighted by Crippen LogP contribution is 2.37. The van der Waals surface area contributed by atoms with Crippen LogP contribution in [0, 0.1) is 11.3 Å². The van der Waals surface area contributed by atoms with Crippen molar-refractivity contribution >= 4 is 46.4 Å². The second-order valence-electron chi connectivity index (χ2n) is 3.71. The molecule has 0 aliphatic heterocycles. The maximum Gasteiger partial charge on any atom is 0.0907 e. The molecule has 0 saturated heterocycles. The Morgan fingerprint density at radius 3 is 2.32 bits per heavy atom. The summed E-state index contributed by atoms with van der Waals surface area (Å²) in [5.74, 6) is 0. The molecule has 0 unspecified atom stereocenters. The molecule has 0 bridgehead atoms. The molecule has 2 nitrogen and oxygen atoms in total. The van der Waals surface area contributed by atoms with Gasteiger partial charge in [0.25, 0.3) is 0 Å². The minimum absolute atomic E-state index is 0.198. The maximum atomic E-state index is 8.70. The van der Waals surface area contributed by atoms with E-state index in [1.54, 1.807) is 18.2 Å². The highest BCUT2D eigenvalue weighted by molar-refractivity contribution is 6.44. The smallest absolute Gasteiger partial charge is 0.0907 e. The van der Waals surface area contributed by atoms with Crippen LogP contribution in [0.4, 0.5) is 0 Å². The van der Waals surface area contributed by atoms with Crippen LogP contribution in [-0.4, -0.2) is 4.98 Å². The number of halogens is 4. The number of nitriles is 1. The molecule has 1 aromatic carbocycles. The van der Waals surface area contributed by atoms with Crippen LogP contribution >= 0.6 is 46.4 Å². The van der Waals surface area contributed by atoms with E-state index in [4.69, 9.17) is 51.7 Å². The minimum atomic E-state index is 0.198. The third-order valence-corrected chi connectivity index (χ3v) is 3.77. The number of aromatic nitrogens is 1. The van der Waals surface area contributed by atoms with E-state index in [1.807, 2.05) is 6.07 Å². The van der Waals surface area contributed by atoms with Crippen molar-refractivity contribution in [2.45, 2.75) is 6.42 Å². The van der Waals surface area contributed by atoms with Crippen LogP contribution in [0.1, 0.15) is 5.69 Å². The molecule has 19 heavy (non-hydrogen) atoms. The summed E-state index contributed by atoms with van der Waals surface area (Å²) in [5.41, 5.74) is 1.68. The highest BCUT2D eigenvalue weighted by atomic mass is 35.5. The standard InChI is InChI=1S/C13H6Cl4N2/c14-9-2-1-7(3-4-18)19-13(9)8-5-11(16)12(17)6-10(8)15/h1-2,5-6H,3H2. The quantitative estimate of drug-likeness (QED) is 0.688. The molecule has 0 saturated carbocycles. The molecule has 0 aliphatic carbocycles. The SMILES string of the molecule is N#CCc1ccc(Cl)c(-c2cc(Cl)c(Cl)cc2Cl)n1. The van der Waals surface area contributed by atoms with Crippen molar-refractivity contribution in [2.75, 3.05) is 0 Å². The van der Waals surface area contributed by atoms with Crippen molar-refractivity contribution in [3.63, 3.8) is 0 Å². The van der Waals surface area contributed by atoms with Gasteiger partial charge >= 0.3 is 0 Å². The molecule has 0 spiro atoms. The number of rotatable bonds is 2. The summed E-state index contributed by atoms with van der Waals surface area (Å²) in [6, 6.07) is 8.55. The normalized spacial score (nSPS) is 10.3. The van der Waals surface area contributed by atoms with Gasteiger partial charge in [-0.1, -0.05) is 46.4 Å². The molecule has 1 heterocycles. The van der Waals surface area contributed by atoms with Crippen LogP contribution in [0.25, 0.3) is 11.3 Å². The summed E-state index contributed by atoms with van der Waals surface area (Å²) < 4.78 is 0. The molecule has 2 rings (SSSR count). The number of benzene rings is 1. The Labute approximate surface area is 130 Å². The van der Waals surface area contributed by atoms with Crippen LogP contribution in [0.2, 0.25) is 20.1 Å². The zero-order valence-electron chi connectivity index (χ0n) is 9.42. The van der Waals surface area contributed by atoms with Crippen LogP contribution in [0.3, 0.4) is 0 Å². The zero-order valence-corrected chi connectivity index (χ0v) is 12.4. The molecule has 0 amide bonds. The van der Waals surface area contributed by atoms with E-state index >= 15 is 0 Å². The van der Waals surface area contributed by atoms with E-state index in [0.717, 1.165) is 0 Å². The Bertz CT molecular complexity index is 677. The lowest BCUT2D eigenvalue weighted by molar-refractivity contribution is 1.12. The van der Waals surface area contributed by atoms with Crippen molar-refractivity contribution in [1.82, 2.24) is 4.98 Å². The molecule has 0 radical (unpaired) electrons. The highest BCUT2D eigenvalue weighted by Gasteiger charge is 2.13. The summed E-state index contributed by atoms with van der Waals surface area (Å²) >= 11 is 24.1.